The van der Waals surface area contributed by atoms with Crippen LogP contribution in [0.1, 0.15) is 35.8 Å². The van der Waals surface area contributed by atoms with E-state index in [1.165, 1.54) is 22.2 Å². The van der Waals surface area contributed by atoms with E-state index in [4.69, 9.17) is 14.5 Å². The van der Waals surface area contributed by atoms with E-state index in [9.17, 15) is 9.59 Å². The third-order valence-corrected chi connectivity index (χ3v) is 8.29. The van der Waals surface area contributed by atoms with Crippen LogP contribution in [-0.2, 0) is 30.6 Å². The first-order valence-electron chi connectivity index (χ1n) is 11.1. The number of rotatable bonds is 8. The van der Waals surface area contributed by atoms with Crippen LogP contribution in [0.2, 0.25) is 0 Å². The molecule has 1 unspecified atom stereocenters. The number of nitrogens with one attached hydrogen (secondary N) is 1. The molecule has 3 aromatic rings. The first-order chi connectivity index (χ1) is 16.0. The Kier molecular flexibility index (Phi) is 7.29. The van der Waals surface area contributed by atoms with Crippen LogP contribution in [0.3, 0.4) is 0 Å². The summed E-state index contributed by atoms with van der Waals surface area (Å²) in [5.74, 6) is 1.24. The average Bonchev–Trinajstić information content (AvgIpc) is 3.21. The van der Waals surface area contributed by atoms with Crippen molar-refractivity contribution in [1.82, 2.24) is 14.9 Å². The molecule has 1 atom stereocenters. The highest BCUT2D eigenvalue weighted by molar-refractivity contribution is 8.00. The molecule has 1 aliphatic carbocycles. The largest absolute Gasteiger partial charge is 0.493 e. The second kappa shape index (κ2) is 10.2. The molecule has 0 saturated carbocycles. The molecule has 1 aliphatic rings. The second-order valence-electron chi connectivity index (χ2n) is 8.06. The normalized spacial score (nSPS) is 14.1. The Balaban J connectivity index is 1.74. The molecule has 9 heteroatoms. The molecule has 2 aromatic heterocycles. The van der Waals surface area contributed by atoms with Crippen molar-refractivity contribution in [3.05, 3.63) is 44.6 Å². The third kappa shape index (κ3) is 4.75. The molecule has 1 N–H and O–H groups in total. The molecule has 176 valence electrons. The molecular formula is C24H29N3O4S2. The predicted molar refractivity (Wildman–Crippen MR) is 133 cm³/mol. The van der Waals surface area contributed by atoms with Crippen molar-refractivity contribution in [2.24, 2.45) is 0 Å². The summed E-state index contributed by atoms with van der Waals surface area (Å²) in [7, 11) is 4.84. The number of methoxy groups -OCH3 is 2. The third-order valence-electron chi connectivity index (χ3n) is 6.01. The average molecular weight is 488 g/mol. The van der Waals surface area contributed by atoms with Crippen LogP contribution in [0.15, 0.2) is 28.2 Å². The Labute approximate surface area is 201 Å². The highest BCUT2D eigenvalue weighted by atomic mass is 32.2. The zero-order chi connectivity index (χ0) is 23.5. The quantitative estimate of drug-likeness (QED) is 0.384. The van der Waals surface area contributed by atoms with Gasteiger partial charge in [0, 0.05) is 18.5 Å². The van der Waals surface area contributed by atoms with Crippen LogP contribution in [0.5, 0.6) is 11.5 Å². The van der Waals surface area contributed by atoms with Gasteiger partial charge in [0.2, 0.25) is 5.91 Å². The smallest absolute Gasteiger partial charge is 0.263 e. The molecule has 33 heavy (non-hydrogen) atoms. The highest BCUT2D eigenvalue weighted by Gasteiger charge is 2.24. The molecule has 0 radical (unpaired) electrons. The van der Waals surface area contributed by atoms with Gasteiger partial charge in [0.25, 0.3) is 5.56 Å². The zero-order valence-corrected chi connectivity index (χ0v) is 21.0. The lowest BCUT2D eigenvalue weighted by molar-refractivity contribution is -0.119. The number of amides is 1. The van der Waals surface area contributed by atoms with Gasteiger partial charge in [-0.3, -0.25) is 14.2 Å². The fourth-order valence-electron chi connectivity index (χ4n) is 4.20. The Morgan fingerprint density at radius 2 is 2.00 bits per heavy atom. The lowest BCUT2D eigenvalue weighted by Crippen LogP contribution is -2.29. The molecule has 0 aliphatic heterocycles. The van der Waals surface area contributed by atoms with Gasteiger partial charge < -0.3 is 14.8 Å². The number of nitrogens with zero attached hydrogens (tertiary/aromatic N) is 2. The fourth-order valence-corrected chi connectivity index (χ4v) is 6.50. The van der Waals surface area contributed by atoms with Crippen LogP contribution in [0.4, 0.5) is 0 Å². The van der Waals surface area contributed by atoms with Crippen molar-refractivity contribution in [3.8, 4) is 11.5 Å². The van der Waals surface area contributed by atoms with Gasteiger partial charge in [0.1, 0.15) is 4.83 Å². The maximum Gasteiger partial charge on any atom is 0.263 e. The van der Waals surface area contributed by atoms with Crippen LogP contribution in [0, 0.1) is 0 Å². The van der Waals surface area contributed by atoms with Crippen molar-refractivity contribution in [3.63, 3.8) is 0 Å². The van der Waals surface area contributed by atoms with Crippen LogP contribution < -0.4 is 20.3 Å². The summed E-state index contributed by atoms with van der Waals surface area (Å²) in [4.78, 5) is 32.9. The topological polar surface area (TPSA) is 82.5 Å². The van der Waals surface area contributed by atoms with Crippen molar-refractivity contribution in [2.45, 2.75) is 56.0 Å². The number of fused-ring (bicyclic) bond motifs is 3. The van der Waals surface area contributed by atoms with Gasteiger partial charge in [-0.25, -0.2) is 4.98 Å². The van der Waals surface area contributed by atoms with Gasteiger partial charge >= 0.3 is 0 Å². The summed E-state index contributed by atoms with van der Waals surface area (Å²) in [5, 5.41) is 3.67. The monoisotopic (exact) mass is 487 g/mol. The Morgan fingerprint density at radius 1 is 1.24 bits per heavy atom. The minimum atomic E-state index is -0.360. The number of thioether (sulfide) groups is 1. The zero-order valence-electron chi connectivity index (χ0n) is 19.4. The number of aromatic nitrogens is 2. The lowest BCUT2D eigenvalue weighted by atomic mass is 9.97. The molecule has 0 fully saturated rings. The number of carbonyl (C=O) groups excluding carboxylic acids is 1. The van der Waals surface area contributed by atoms with E-state index < -0.39 is 0 Å². The standard InChI is InChI=1S/C24H29N3O4S2/c1-14(21(28)25-2)32-24-26-22-20(16-7-5-6-8-19(16)33-22)23(29)27(24)12-11-15-9-10-17(30-3)18(13-15)31-4/h9-10,13-14H,5-8,11-12H2,1-4H3,(H,25,28). The number of carbonyl (C=O) groups is 1. The summed E-state index contributed by atoms with van der Waals surface area (Å²) in [6.45, 7) is 2.29. The van der Waals surface area contributed by atoms with Crippen molar-refractivity contribution in [2.75, 3.05) is 21.3 Å². The molecule has 0 bridgehead atoms. The summed E-state index contributed by atoms with van der Waals surface area (Å²) < 4.78 is 12.5. The first kappa shape index (κ1) is 23.6. The number of benzene rings is 1. The van der Waals surface area contributed by atoms with Crippen LogP contribution in [0.25, 0.3) is 10.2 Å². The van der Waals surface area contributed by atoms with Gasteiger partial charge in [-0.1, -0.05) is 17.8 Å². The SMILES string of the molecule is CNC(=O)C(C)Sc1nc2sc3c(c2c(=O)n1CCc1ccc(OC)c(OC)c1)CCCC3. The summed E-state index contributed by atoms with van der Waals surface area (Å²) in [6.07, 6.45) is 4.83. The molecule has 0 saturated heterocycles. The number of thiophene rings is 1. The van der Waals surface area contributed by atoms with Crippen LogP contribution in [-0.4, -0.2) is 42.0 Å². The van der Waals surface area contributed by atoms with Crippen LogP contribution >= 0.6 is 23.1 Å². The van der Waals surface area contributed by atoms with Crippen molar-refractivity contribution in [1.29, 1.82) is 0 Å². The first-order valence-corrected chi connectivity index (χ1v) is 12.8. The van der Waals surface area contributed by atoms with Crippen molar-refractivity contribution >= 4 is 39.2 Å². The number of aryl methyl sites for hydroxylation is 3. The number of hydrogen-bond donors (Lipinski definition) is 1. The molecule has 1 aromatic carbocycles. The molecule has 7 nitrogen and oxygen atoms in total. The van der Waals surface area contributed by atoms with E-state index in [1.807, 2.05) is 25.1 Å². The van der Waals surface area contributed by atoms with Gasteiger partial charge in [0.15, 0.2) is 16.7 Å². The van der Waals surface area contributed by atoms with Gasteiger partial charge in [0.05, 0.1) is 24.9 Å². The van der Waals surface area contributed by atoms with Gasteiger partial charge in [-0.2, -0.15) is 0 Å². The Hall–Kier alpha value is -2.52. The van der Waals surface area contributed by atoms with Crippen molar-refractivity contribution < 1.29 is 14.3 Å². The molecule has 4 rings (SSSR count). The van der Waals surface area contributed by atoms with E-state index in [0.717, 1.165) is 41.5 Å². The Morgan fingerprint density at radius 3 is 2.73 bits per heavy atom. The van der Waals surface area contributed by atoms with E-state index in [1.54, 1.807) is 37.2 Å². The summed E-state index contributed by atoms with van der Waals surface area (Å²) in [6, 6.07) is 5.78. The van der Waals surface area contributed by atoms with E-state index >= 15 is 0 Å². The molecule has 2 heterocycles. The van der Waals surface area contributed by atoms with Gasteiger partial charge in [-0.05, 0) is 62.3 Å². The lowest BCUT2D eigenvalue weighted by Gasteiger charge is -2.16. The number of hydrogen-bond acceptors (Lipinski definition) is 7. The fraction of sp³-hybridized carbons (Fsp3) is 0.458. The maximum atomic E-state index is 13.7. The Bertz CT molecular complexity index is 1230. The number of ether oxygens (including phenoxy) is 2. The minimum Gasteiger partial charge on any atom is -0.493 e. The van der Waals surface area contributed by atoms with E-state index in [-0.39, 0.29) is 16.7 Å². The summed E-state index contributed by atoms with van der Waals surface area (Å²) in [5.41, 5.74) is 2.20. The molecule has 0 spiro atoms. The predicted octanol–water partition coefficient (Wildman–Crippen LogP) is 3.82. The van der Waals surface area contributed by atoms with Gasteiger partial charge in [-0.15, -0.1) is 11.3 Å². The van der Waals surface area contributed by atoms with E-state index in [0.29, 0.717) is 29.6 Å². The maximum absolute atomic E-state index is 13.7. The summed E-state index contributed by atoms with van der Waals surface area (Å²) >= 11 is 2.96. The molecular weight excluding hydrogens is 458 g/mol. The van der Waals surface area contributed by atoms with E-state index in [2.05, 4.69) is 5.32 Å². The molecule has 1 amide bonds. The highest BCUT2D eigenvalue weighted by Crippen LogP contribution is 2.35. The minimum absolute atomic E-state index is 0.00789. The second-order valence-corrected chi connectivity index (χ2v) is 10.4.